The number of nitrogens with zero attached hydrogens (tertiary/aromatic N) is 1. The molecule has 20 heavy (non-hydrogen) atoms. The summed E-state index contributed by atoms with van der Waals surface area (Å²) in [7, 11) is 1.57. The number of aliphatic hydroxyl groups excluding tert-OH is 1. The van der Waals surface area contributed by atoms with Crippen molar-refractivity contribution in [2.75, 3.05) is 19.0 Å². The SMILES string of the molecule is CN(C(=O)Nc1ccc(C(=O)O)cc1Br)C(C)(C)CO. The van der Waals surface area contributed by atoms with E-state index in [4.69, 9.17) is 5.11 Å². The van der Waals surface area contributed by atoms with E-state index in [1.807, 2.05) is 0 Å². The Morgan fingerprint density at radius 3 is 2.45 bits per heavy atom. The van der Waals surface area contributed by atoms with Gasteiger partial charge in [-0.15, -0.1) is 0 Å². The zero-order chi connectivity index (χ0) is 15.5. The van der Waals surface area contributed by atoms with Crippen molar-refractivity contribution in [3.63, 3.8) is 0 Å². The van der Waals surface area contributed by atoms with E-state index >= 15 is 0 Å². The van der Waals surface area contributed by atoms with Crippen LogP contribution >= 0.6 is 15.9 Å². The number of carboxylic acid groups (broad SMARTS) is 1. The molecular weight excluding hydrogens is 328 g/mol. The van der Waals surface area contributed by atoms with Gasteiger partial charge in [0.05, 0.1) is 23.4 Å². The van der Waals surface area contributed by atoms with Crippen LogP contribution in [0.3, 0.4) is 0 Å². The van der Waals surface area contributed by atoms with Crippen molar-refractivity contribution in [2.24, 2.45) is 0 Å². The minimum atomic E-state index is -1.04. The Balaban J connectivity index is 2.89. The molecule has 0 bridgehead atoms. The highest BCUT2D eigenvalue weighted by atomic mass is 79.9. The molecule has 3 N–H and O–H groups in total. The summed E-state index contributed by atoms with van der Waals surface area (Å²) >= 11 is 3.21. The first-order chi connectivity index (χ1) is 9.19. The first-order valence-corrected chi connectivity index (χ1v) is 6.67. The Morgan fingerprint density at radius 2 is 2.00 bits per heavy atom. The monoisotopic (exact) mass is 344 g/mol. The number of urea groups is 1. The number of amides is 2. The minimum absolute atomic E-state index is 0.124. The van der Waals surface area contributed by atoms with E-state index in [9.17, 15) is 14.7 Å². The molecular formula is C13H17BrN2O4. The number of aromatic carboxylic acids is 1. The maximum atomic E-state index is 12.1. The fraction of sp³-hybridized carbons (Fsp3) is 0.385. The van der Waals surface area contributed by atoms with Gasteiger partial charge in [-0.25, -0.2) is 9.59 Å². The Hall–Kier alpha value is -1.60. The summed E-state index contributed by atoms with van der Waals surface area (Å²) in [5.41, 5.74) is -0.114. The molecule has 1 aromatic carbocycles. The molecule has 7 heteroatoms. The van der Waals surface area contributed by atoms with Crippen molar-refractivity contribution in [1.29, 1.82) is 0 Å². The number of benzene rings is 1. The molecule has 0 aromatic heterocycles. The summed E-state index contributed by atoms with van der Waals surface area (Å²) in [6.45, 7) is 3.29. The number of carbonyl (C=O) groups excluding carboxylic acids is 1. The summed E-state index contributed by atoms with van der Waals surface area (Å²) in [4.78, 5) is 24.3. The van der Waals surface area contributed by atoms with Crippen LogP contribution in [0.15, 0.2) is 22.7 Å². The van der Waals surface area contributed by atoms with Crippen molar-refractivity contribution in [3.8, 4) is 0 Å². The highest BCUT2D eigenvalue weighted by Crippen LogP contribution is 2.24. The zero-order valence-corrected chi connectivity index (χ0v) is 13.1. The average molecular weight is 345 g/mol. The summed E-state index contributed by atoms with van der Waals surface area (Å²) in [5, 5.41) is 20.8. The summed E-state index contributed by atoms with van der Waals surface area (Å²) in [5.74, 6) is -1.04. The third-order valence-corrected chi connectivity index (χ3v) is 3.71. The number of halogens is 1. The molecule has 1 aromatic rings. The molecule has 0 saturated carbocycles. The second-order valence-corrected chi connectivity index (χ2v) is 5.81. The van der Waals surface area contributed by atoms with Crippen molar-refractivity contribution in [2.45, 2.75) is 19.4 Å². The van der Waals surface area contributed by atoms with E-state index in [0.29, 0.717) is 10.2 Å². The van der Waals surface area contributed by atoms with Gasteiger partial charge in [-0.2, -0.15) is 0 Å². The Bertz CT molecular complexity index is 531. The molecule has 0 saturated heterocycles. The predicted molar refractivity (Wildman–Crippen MR) is 79.0 cm³/mol. The Morgan fingerprint density at radius 1 is 1.40 bits per heavy atom. The Labute approximate surface area is 125 Å². The van der Waals surface area contributed by atoms with Gasteiger partial charge in [-0.1, -0.05) is 0 Å². The van der Waals surface area contributed by atoms with Gasteiger partial charge in [0, 0.05) is 11.5 Å². The van der Waals surface area contributed by atoms with Crippen molar-refractivity contribution >= 4 is 33.6 Å². The standard InChI is InChI=1S/C13H17BrN2O4/c1-13(2,7-17)16(3)12(20)15-10-5-4-8(11(18)19)6-9(10)14/h4-6,17H,7H2,1-3H3,(H,15,20)(H,18,19). The fourth-order valence-corrected chi connectivity index (χ4v) is 1.81. The van der Waals surface area contributed by atoms with Crippen molar-refractivity contribution < 1.29 is 19.8 Å². The zero-order valence-electron chi connectivity index (χ0n) is 11.5. The van der Waals surface area contributed by atoms with Crippen LogP contribution in [0, 0.1) is 0 Å². The number of carboxylic acids is 1. The maximum Gasteiger partial charge on any atom is 0.335 e. The quantitative estimate of drug-likeness (QED) is 0.782. The Kier molecular flexibility index (Phi) is 5.13. The van der Waals surface area contributed by atoms with Gasteiger partial charge >= 0.3 is 12.0 Å². The molecule has 0 aliphatic heterocycles. The van der Waals surface area contributed by atoms with Gasteiger partial charge in [-0.05, 0) is 48.0 Å². The number of likely N-dealkylation sites (N-methyl/N-ethyl adjacent to an activating group) is 1. The molecule has 0 unspecified atom stereocenters. The van der Waals surface area contributed by atoms with Crippen molar-refractivity contribution in [1.82, 2.24) is 4.90 Å². The highest BCUT2D eigenvalue weighted by Gasteiger charge is 2.27. The highest BCUT2D eigenvalue weighted by molar-refractivity contribution is 9.10. The number of rotatable bonds is 4. The van der Waals surface area contributed by atoms with Gasteiger partial charge in [0.15, 0.2) is 0 Å². The fourth-order valence-electron chi connectivity index (χ4n) is 1.33. The molecule has 110 valence electrons. The largest absolute Gasteiger partial charge is 0.478 e. The molecule has 0 heterocycles. The van der Waals surface area contributed by atoms with Crippen LogP contribution in [0.25, 0.3) is 0 Å². The van der Waals surface area contributed by atoms with E-state index in [1.54, 1.807) is 20.9 Å². The van der Waals surface area contributed by atoms with Crippen LogP contribution in [-0.4, -0.2) is 46.3 Å². The molecule has 0 radical (unpaired) electrons. The second-order valence-electron chi connectivity index (χ2n) is 4.96. The van der Waals surface area contributed by atoms with Crippen LogP contribution in [0.2, 0.25) is 0 Å². The number of hydrogen-bond acceptors (Lipinski definition) is 3. The first-order valence-electron chi connectivity index (χ1n) is 5.87. The molecule has 0 fully saturated rings. The van der Waals surface area contributed by atoms with Crippen LogP contribution in [0.4, 0.5) is 10.5 Å². The van der Waals surface area contributed by atoms with Gasteiger partial charge in [-0.3, -0.25) is 0 Å². The number of hydrogen-bond donors (Lipinski definition) is 3. The van der Waals surface area contributed by atoms with Crippen LogP contribution < -0.4 is 5.32 Å². The summed E-state index contributed by atoms with van der Waals surface area (Å²) in [6, 6.07) is 3.92. The maximum absolute atomic E-state index is 12.1. The minimum Gasteiger partial charge on any atom is -0.478 e. The lowest BCUT2D eigenvalue weighted by molar-refractivity contribution is 0.0697. The summed E-state index contributed by atoms with van der Waals surface area (Å²) < 4.78 is 0.473. The number of nitrogens with one attached hydrogen (secondary N) is 1. The molecule has 6 nitrogen and oxygen atoms in total. The van der Waals surface area contributed by atoms with E-state index in [2.05, 4.69) is 21.2 Å². The molecule has 2 amide bonds. The van der Waals surface area contributed by atoms with Gasteiger partial charge < -0.3 is 20.4 Å². The lowest BCUT2D eigenvalue weighted by Crippen LogP contribution is -2.49. The van der Waals surface area contributed by atoms with E-state index < -0.39 is 17.5 Å². The number of carbonyl (C=O) groups is 2. The first kappa shape index (κ1) is 16.5. The molecule has 0 spiro atoms. The van der Waals surface area contributed by atoms with Crippen LogP contribution in [-0.2, 0) is 0 Å². The third-order valence-electron chi connectivity index (χ3n) is 3.06. The molecule has 1 rings (SSSR count). The van der Waals surface area contributed by atoms with Crippen molar-refractivity contribution in [3.05, 3.63) is 28.2 Å². The van der Waals surface area contributed by atoms with Gasteiger partial charge in [0.2, 0.25) is 0 Å². The predicted octanol–water partition coefficient (Wildman–Crippen LogP) is 2.38. The average Bonchev–Trinajstić information content (AvgIpc) is 2.39. The van der Waals surface area contributed by atoms with Gasteiger partial charge in [0.25, 0.3) is 0 Å². The van der Waals surface area contributed by atoms with E-state index in [-0.39, 0.29) is 12.2 Å². The van der Waals surface area contributed by atoms with E-state index in [1.165, 1.54) is 23.1 Å². The molecule has 0 aliphatic carbocycles. The topological polar surface area (TPSA) is 89.9 Å². The number of aliphatic hydroxyl groups is 1. The summed E-state index contributed by atoms with van der Waals surface area (Å²) in [6.07, 6.45) is 0. The second kappa shape index (κ2) is 6.23. The molecule has 0 aliphatic rings. The van der Waals surface area contributed by atoms with Crippen LogP contribution in [0.1, 0.15) is 24.2 Å². The third kappa shape index (κ3) is 3.71. The molecule has 0 atom stereocenters. The van der Waals surface area contributed by atoms with E-state index in [0.717, 1.165) is 0 Å². The van der Waals surface area contributed by atoms with Gasteiger partial charge in [0.1, 0.15) is 0 Å². The lowest BCUT2D eigenvalue weighted by Gasteiger charge is -2.33. The normalized spacial score (nSPS) is 11.1. The lowest BCUT2D eigenvalue weighted by atomic mass is 10.1. The smallest absolute Gasteiger partial charge is 0.335 e. The van der Waals surface area contributed by atoms with Crippen LogP contribution in [0.5, 0.6) is 0 Å². The number of anilines is 1.